The summed E-state index contributed by atoms with van der Waals surface area (Å²) in [5.74, 6) is 1.04. The van der Waals surface area contributed by atoms with E-state index in [4.69, 9.17) is 0 Å². The molecule has 1 unspecified atom stereocenters. The first-order valence-electron chi connectivity index (χ1n) is 7.23. The summed E-state index contributed by atoms with van der Waals surface area (Å²) >= 11 is 1.79. The molecule has 0 spiro atoms. The quantitative estimate of drug-likeness (QED) is 0.807. The van der Waals surface area contributed by atoms with Crippen LogP contribution in [0.15, 0.2) is 5.38 Å². The van der Waals surface area contributed by atoms with Gasteiger partial charge in [0.15, 0.2) is 0 Å². The molecule has 4 heteroatoms. The zero-order valence-corrected chi connectivity index (χ0v) is 13.3. The third-order valence-corrected chi connectivity index (χ3v) is 4.87. The van der Waals surface area contributed by atoms with E-state index in [0.717, 1.165) is 24.7 Å². The Kier molecular flexibility index (Phi) is 4.64. The lowest BCUT2D eigenvalue weighted by Gasteiger charge is -2.33. The molecule has 19 heavy (non-hydrogen) atoms. The molecule has 1 aliphatic carbocycles. The van der Waals surface area contributed by atoms with Crippen LogP contribution < -0.4 is 5.32 Å². The fourth-order valence-corrected chi connectivity index (χ4v) is 3.43. The van der Waals surface area contributed by atoms with E-state index < -0.39 is 0 Å². The predicted molar refractivity (Wildman–Crippen MR) is 80.4 cm³/mol. The van der Waals surface area contributed by atoms with Crippen molar-refractivity contribution in [2.45, 2.75) is 59.1 Å². The number of rotatable bonds is 7. The Labute approximate surface area is 120 Å². The van der Waals surface area contributed by atoms with Crippen LogP contribution in [0.2, 0.25) is 0 Å². The summed E-state index contributed by atoms with van der Waals surface area (Å²) in [6, 6.07) is 0. The van der Waals surface area contributed by atoms with E-state index >= 15 is 0 Å². The van der Waals surface area contributed by atoms with Gasteiger partial charge in [0.25, 0.3) is 0 Å². The molecular weight excluding hydrogens is 256 g/mol. The van der Waals surface area contributed by atoms with Gasteiger partial charge in [0.05, 0.1) is 16.8 Å². The van der Waals surface area contributed by atoms with Gasteiger partial charge in [-0.2, -0.15) is 0 Å². The van der Waals surface area contributed by atoms with Gasteiger partial charge in [0.2, 0.25) is 0 Å². The number of nitrogens with one attached hydrogen (secondary N) is 1. The van der Waals surface area contributed by atoms with Crippen molar-refractivity contribution in [2.24, 2.45) is 11.3 Å². The maximum Gasteiger partial charge on any atom is 0.0959 e. The first-order chi connectivity index (χ1) is 8.90. The fraction of sp³-hybridized carbons (Fsp3) is 0.800. The first-order valence-corrected chi connectivity index (χ1v) is 8.11. The molecule has 1 aromatic heterocycles. The molecule has 1 aliphatic rings. The van der Waals surface area contributed by atoms with Crippen LogP contribution >= 0.6 is 11.3 Å². The van der Waals surface area contributed by atoms with Crippen LogP contribution in [0.5, 0.6) is 0 Å². The minimum absolute atomic E-state index is 0.108. The van der Waals surface area contributed by atoms with Crippen molar-refractivity contribution in [1.29, 1.82) is 0 Å². The Hall–Kier alpha value is -0.450. The summed E-state index contributed by atoms with van der Waals surface area (Å²) in [7, 11) is 0. The molecule has 1 heterocycles. The fourth-order valence-electron chi connectivity index (χ4n) is 2.44. The van der Waals surface area contributed by atoms with Crippen molar-refractivity contribution in [1.82, 2.24) is 10.3 Å². The summed E-state index contributed by atoms with van der Waals surface area (Å²) in [6.07, 6.45) is 2.35. The molecular formula is C15H26N2OS. The summed E-state index contributed by atoms with van der Waals surface area (Å²) < 4.78 is 0. The van der Waals surface area contributed by atoms with Crippen molar-refractivity contribution in [3.05, 3.63) is 16.1 Å². The largest absolute Gasteiger partial charge is 0.392 e. The molecule has 1 saturated carbocycles. The second kappa shape index (κ2) is 5.90. The van der Waals surface area contributed by atoms with E-state index in [1.54, 1.807) is 11.3 Å². The van der Waals surface area contributed by atoms with Gasteiger partial charge in [-0.3, -0.25) is 0 Å². The van der Waals surface area contributed by atoms with E-state index in [0.29, 0.717) is 0 Å². The van der Waals surface area contributed by atoms with Crippen LogP contribution in [-0.2, 0) is 6.54 Å². The minimum Gasteiger partial charge on any atom is -0.392 e. The first kappa shape index (κ1) is 14.9. The third-order valence-electron chi connectivity index (χ3n) is 3.81. The van der Waals surface area contributed by atoms with Gasteiger partial charge in [0, 0.05) is 29.8 Å². The highest BCUT2D eigenvalue weighted by Crippen LogP contribution is 2.41. The third kappa shape index (κ3) is 4.01. The lowest BCUT2D eigenvalue weighted by molar-refractivity contribution is 0.0134. The van der Waals surface area contributed by atoms with Crippen LogP contribution in [0.25, 0.3) is 0 Å². The minimum atomic E-state index is -0.280. The van der Waals surface area contributed by atoms with E-state index in [1.807, 2.05) is 0 Å². The summed E-state index contributed by atoms with van der Waals surface area (Å²) in [5.41, 5.74) is 1.03. The molecule has 1 fully saturated rings. The Morgan fingerprint density at radius 3 is 2.74 bits per heavy atom. The lowest BCUT2D eigenvalue weighted by atomic mass is 9.81. The molecule has 1 aromatic rings. The lowest BCUT2D eigenvalue weighted by Crippen LogP contribution is -2.41. The molecule has 1 atom stereocenters. The number of aliphatic hydroxyl groups excluding tert-OH is 1. The van der Waals surface area contributed by atoms with Crippen molar-refractivity contribution < 1.29 is 5.11 Å². The highest BCUT2D eigenvalue weighted by atomic mass is 32.1. The van der Waals surface area contributed by atoms with Gasteiger partial charge >= 0.3 is 0 Å². The second-order valence-electron chi connectivity index (χ2n) is 6.73. The van der Waals surface area contributed by atoms with E-state index in [9.17, 15) is 5.11 Å². The molecule has 0 radical (unpaired) electrons. The molecule has 0 saturated heterocycles. The number of hydrogen-bond donors (Lipinski definition) is 2. The molecule has 0 bridgehead atoms. The zero-order valence-electron chi connectivity index (χ0n) is 12.4. The number of aromatic nitrogens is 1. The van der Waals surface area contributed by atoms with Crippen molar-refractivity contribution in [3.63, 3.8) is 0 Å². The smallest absolute Gasteiger partial charge is 0.0959 e. The maximum atomic E-state index is 10.2. The van der Waals surface area contributed by atoms with Gasteiger partial charge in [-0.25, -0.2) is 4.98 Å². The SMILES string of the molecule is CC(C)C(O)C(C)(C)CNCc1csc(C2CC2)n1. The van der Waals surface area contributed by atoms with Gasteiger partial charge < -0.3 is 10.4 Å². The topological polar surface area (TPSA) is 45.1 Å². The molecule has 3 nitrogen and oxygen atoms in total. The molecule has 0 amide bonds. The van der Waals surface area contributed by atoms with Crippen LogP contribution in [0.3, 0.4) is 0 Å². The normalized spacial score (nSPS) is 18.0. The van der Waals surface area contributed by atoms with Crippen LogP contribution in [0.1, 0.15) is 57.2 Å². The Morgan fingerprint density at radius 1 is 1.47 bits per heavy atom. The van der Waals surface area contributed by atoms with E-state index in [-0.39, 0.29) is 17.4 Å². The van der Waals surface area contributed by atoms with E-state index in [1.165, 1.54) is 17.8 Å². The van der Waals surface area contributed by atoms with Crippen molar-refractivity contribution in [2.75, 3.05) is 6.54 Å². The standard InChI is InChI=1S/C15H26N2OS/c1-10(2)13(18)15(3,4)9-16-7-12-8-19-14(17-12)11-5-6-11/h8,10-11,13,16,18H,5-7,9H2,1-4H3. The summed E-state index contributed by atoms with van der Waals surface area (Å²) in [4.78, 5) is 4.67. The Balaban J connectivity index is 1.78. The highest BCUT2D eigenvalue weighted by molar-refractivity contribution is 7.09. The number of aliphatic hydroxyl groups is 1. The monoisotopic (exact) mass is 282 g/mol. The number of thiazole rings is 1. The van der Waals surface area contributed by atoms with E-state index in [2.05, 4.69) is 43.4 Å². The van der Waals surface area contributed by atoms with Gasteiger partial charge in [0.1, 0.15) is 0 Å². The molecule has 2 N–H and O–H groups in total. The van der Waals surface area contributed by atoms with Gasteiger partial charge in [-0.05, 0) is 18.8 Å². The average Bonchev–Trinajstić information content (AvgIpc) is 3.09. The van der Waals surface area contributed by atoms with Crippen molar-refractivity contribution >= 4 is 11.3 Å². The Bertz CT molecular complexity index is 410. The molecule has 0 aromatic carbocycles. The summed E-state index contributed by atoms with van der Waals surface area (Å²) in [5, 5.41) is 17.1. The Morgan fingerprint density at radius 2 is 2.16 bits per heavy atom. The number of nitrogens with zero attached hydrogens (tertiary/aromatic N) is 1. The average molecular weight is 282 g/mol. The molecule has 2 rings (SSSR count). The van der Waals surface area contributed by atoms with Crippen LogP contribution in [0, 0.1) is 11.3 Å². The molecule has 108 valence electrons. The van der Waals surface area contributed by atoms with Crippen LogP contribution in [0.4, 0.5) is 0 Å². The highest BCUT2D eigenvalue weighted by Gasteiger charge is 2.30. The van der Waals surface area contributed by atoms with Crippen LogP contribution in [-0.4, -0.2) is 22.7 Å². The molecule has 0 aliphatic heterocycles. The summed E-state index contributed by atoms with van der Waals surface area (Å²) in [6.45, 7) is 9.96. The predicted octanol–water partition coefficient (Wildman–Crippen LogP) is 3.15. The zero-order chi connectivity index (χ0) is 14.0. The maximum absolute atomic E-state index is 10.2. The van der Waals surface area contributed by atoms with Gasteiger partial charge in [-0.15, -0.1) is 11.3 Å². The second-order valence-corrected chi connectivity index (χ2v) is 7.62. The van der Waals surface area contributed by atoms with Gasteiger partial charge in [-0.1, -0.05) is 27.7 Å². The number of hydrogen-bond acceptors (Lipinski definition) is 4. The van der Waals surface area contributed by atoms with Crippen molar-refractivity contribution in [3.8, 4) is 0 Å².